The maximum atomic E-state index is 10.9. The lowest BCUT2D eigenvalue weighted by atomic mass is 9.96. The zero-order valence-electron chi connectivity index (χ0n) is 13.8. The van der Waals surface area contributed by atoms with E-state index >= 15 is 0 Å². The van der Waals surface area contributed by atoms with Crippen molar-refractivity contribution in [3.05, 3.63) is 33.9 Å². The van der Waals surface area contributed by atoms with Crippen LogP contribution in [0.4, 0.5) is 5.69 Å². The third kappa shape index (κ3) is 5.64. The van der Waals surface area contributed by atoms with Crippen molar-refractivity contribution in [1.29, 1.82) is 0 Å². The number of nitrogens with one attached hydrogen (secondary N) is 1. The number of hydrogen-bond donors (Lipinski definition) is 1. The fraction of sp³-hybridized carbons (Fsp3) is 0.625. The lowest BCUT2D eigenvalue weighted by Gasteiger charge is -2.32. The van der Waals surface area contributed by atoms with Gasteiger partial charge in [0.15, 0.2) is 0 Å². The molecule has 0 aromatic heterocycles. The Morgan fingerprint density at radius 3 is 2.65 bits per heavy atom. The van der Waals surface area contributed by atoms with Crippen LogP contribution >= 0.6 is 12.4 Å². The molecule has 1 N–H and O–H groups in total. The second-order valence-corrected chi connectivity index (χ2v) is 5.78. The Hall–Kier alpha value is -1.37. The Labute approximate surface area is 143 Å². The fourth-order valence-corrected chi connectivity index (χ4v) is 2.94. The minimum Gasteiger partial charge on any atom is -0.496 e. The Kier molecular flexibility index (Phi) is 8.30. The number of nitro groups is 1. The molecule has 1 heterocycles. The van der Waals surface area contributed by atoms with Crippen LogP contribution in [0, 0.1) is 16.0 Å². The molecule has 0 atom stereocenters. The number of likely N-dealkylation sites (tertiary alicyclic amines) is 1. The first-order chi connectivity index (χ1) is 10.6. The van der Waals surface area contributed by atoms with Crippen molar-refractivity contribution < 1.29 is 9.66 Å². The quantitative estimate of drug-likeness (QED) is 0.609. The summed E-state index contributed by atoms with van der Waals surface area (Å²) in [6.45, 7) is 7.00. The molecule has 0 unspecified atom stereocenters. The van der Waals surface area contributed by atoms with E-state index in [0.29, 0.717) is 6.54 Å². The monoisotopic (exact) mass is 343 g/mol. The summed E-state index contributed by atoms with van der Waals surface area (Å²) in [7, 11) is 1.60. The van der Waals surface area contributed by atoms with Crippen LogP contribution in [0.25, 0.3) is 0 Å². The van der Waals surface area contributed by atoms with Gasteiger partial charge in [-0.3, -0.25) is 15.0 Å². The molecule has 0 spiro atoms. The number of methoxy groups -OCH3 is 1. The summed E-state index contributed by atoms with van der Waals surface area (Å²) >= 11 is 0. The number of rotatable bonds is 7. The lowest BCUT2D eigenvalue weighted by molar-refractivity contribution is -0.385. The fourth-order valence-electron chi connectivity index (χ4n) is 2.94. The van der Waals surface area contributed by atoms with Crippen LogP contribution in [-0.4, -0.2) is 43.1 Å². The highest BCUT2D eigenvalue weighted by atomic mass is 35.5. The zero-order valence-corrected chi connectivity index (χ0v) is 14.6. The van der Waals surface area contributed by atoms with E-state index in [9.17, 15) is 10.1 Å². The first-order valence-electron chi connectivity index (χ1n) is 7.88. The van der Waals surface area contributed by atoms with Crippen LogP contribution < -0.4 is 10.1 Å². The van der Waals surface area contributed by atoms with Crippen LogP contribution in [0.1, 0.15) is 25.3 Å². The van der Waals surface area contributed by atoms with Gasteiger partial charge in [0.1, 0.15) is 5.75 Å². The molecule has 0 bridgehead atoms. The number of hydrogen-bond acceptors (Lipinski definition) is 5. The normalized spacial score (nSPS) is 15.9. The Morgan fingerprint density at radius 2 is 2.09 bits per heavy atom. The number of piperidine rings is 1. The predicted octanol–water partition coefficient (Wildman–Crippen LogP) is 2.85. The van der Waals surface area contributed by atoms with Crippen LogP contribution in [0.3, 0.4) is 0 Å². The highest BCUT2D eigenvalue weighted by Crippen LogP contribution is 2.27. The van der Waals surface area contributed by atoms with Gasteiger partial charge in [-0.2, -0.15) is 0 Å². The standard InChI is InChI=1S/C16H25N3O3.ClH/c1-3-17-11-13-6-8-18(9-7-13)12-14-10-15(19(20)21)4-5-16(14)22-2;/h4-5,10,13,17H,3,6-9,11-12H2,1-2H3;1H. The molecule has 7 heteroatoms. The average molecular weight is 344 g/mol. The number of nitro benzene ring substituents is 1. The molecule has 6 nitrogen and oxygen atoms in total. The second kappa shape index (κ2) is 9.70. The first kappa shape index (κ1) is 19.7. The van der Waals surface area contributed by atoms with Crippen LogP contribution in [-0.2, 0) is 6.54 Å². The topological polar surface area (TPSA) is 67.6 Å². The van der Waals surface area contributed by atoms with Crippen LogP contribution in [0.5, 0.6) is 5.75 Å². The Balaban J connectivity index is 0.00000264. The number of halogens is 1. The van der Waals surface area contributed by atoms with Crippen molar-refractivity contribution in [2.24, 2.45) is 5.92 Å². The molecule has 2 rings (SSSR count). The van der Waals surface area contributed by atoms with Gasteiger partial charge in [0.05, 0.1) is 12.0 Å². The summed E-state index contributed by atoms with van der Waals surface area (Å²) in [5.41, 5.74) is 1.01. The van der Waals surface area contributed by atoms with Crippen molar-refractivity contribution in [2.75, 3.05) is 33.3 Å². The van der Waals surface area contributed by atoms with Crippen LogP contribution in [0.2, 0.25) is 0 Å². The molecule has 0 amide bonds. The molecule has 1 fully saturated rings. The van der Waals surface area contributed by atoms with Gasteiger partial charge >= 0.3 is 0 Å². The average Bonchev–Trinajstić information content (AvgIpc) is 2.54. The van der Waals surface area contributed by atoms with Crippen molar-refractivity contribution in [3.63, 3.8) is 0 Å². The highest BCUT2D eigenvalue weighted by Gasteiger charge is 2.20. The van der Waals surface area contributed by atoms with E-state index in [2.05, 4.69) is 17.1 Å². The molecule has 1 saturated heterocycles. The minimum absolute atomic E-state index is 0. The summed E-state index contributed by atoms with van der Waals surface area (Å²) in [6.07, 6.45) is 2.34. The van der Waals surface area contributed by atoms with Gasteiger partial charge in [0, 0.05) is 24.2 Å². The molecule has 1 aromatic rings. The summed E-state index contributed by atoms with van der Waals surface area (Å²) in [6, 6.07) is 4.81. The number of nitrogens with zero attached hydrogens (tertiary/aromatic N) is 2. The SMILES string of the molecule is CCNCC1CCN(Cc2cc([N+](=O)[O-])ccc2OC)CC1.Cl. The molecule has 0 saturated carbocycles. The maximum absolute atomic E-state index is 10.9. The van der Waals surface area contributed by atoms with E-state index in [0.717, 1.165) is 43.4 Å². The van der Waals surface area contributed by atoms with E-state index in [4.69, 9.17) is 4.74 Å². The third-order valence-corrected chi connectivity index (χ3v) is 4.26. The molecule has 1 aliphatic rings. The summed E-state index contributed by atoms with van der Waals surface area (Å²) in [5.74, 6) is 1.46. The summed E-state index contributed by atoms with van der Waals surface area (Å²) in [4.78, 5) is 12.9. The Bertz CT molecular complexity index is 505. The smallest absolute Gasteiger partial charge is 0.270 e. The van der Waals surface area contributed by atoms with E-state index in [-0.39, 0.29) is 23.0 Å². The first-order valence-corrected chi connectivity index (χ1v) is 7.88. The van der Waals surface area contributed by atoms with E-state index in [1.165, 1.54) is 18.9 Å². The number of benzene rings is 1. The maximum Gasteiger partial charge on any atom is 0.270 e. The molecular formula is C16H26ClN3O3. The van der Waals surface area contributed by atoms with Gasteiger partial charge in [-0.05, 0) is 51.0 Å². The van der Waals surface area contributed by atoms with Crippen molar-refractivity contribution in [1.82, 2.24) is 10.2 Å². The molecule has 1 aliphatic heterocycles. The highest BCUT2D eigenvalue weighted by molar-refractivity contribution is 5.85. The predicted molar refractivity (Wildman–Crippen MR) is 93.4 cm³/mol. The number of ether oxygens (including phenoxy) is 1. The molecule has 0 aliphatic carbocycles. The largest absolute Gasteiger partial charge is 0.496 e. The zero-order chi connectivity index (χ0) is 15.9. The van der Waals surface area contributed by atoms with E-state index in [1.807, 2.05) is 0 Å². The van der Waals surface area contributed by atoms with Gasteiger partial charge in [-0.15, -0.1) is 12.4 Å². The van der Waals surface area contributed by atoms with Crippen molar-refractivity contribution in [2.45, 2.75) is 26.3 Å². The molecule has 1 aromatic carbocycles. The third-order valence-electron chi connectivity index (χ3n) is 4.26. The molecule has 130 valence electrons. The van der Waals surface area contributed by atoms with Gasteiger partial charge < -0.3 is 10.1 Å². The second-order valence-electron chi connectivity index (χ2n) is 5.78. The van der Waals surface area contributed by atoms with Gasteiger partial charge in [-0.25, -0.2) is 0 Å². The van der Waals surface area contributed by atoms with Gasteiger partial charge in [-0.1, -0.05) is 6.92 Å². The summed E-state index contributed by atoms with van der Waals surface area (Å²) in [5, 5.41) is 14.3. The van der Waals surface area contributed by atoms with E-state index < -0.39 is 0 Å². The minimum atomic E-state index is -0.356. The molecular weight excluding hydrogens is 318 g/mol. The Morgan fingerprint density at radius 1 is 1.39 bits per heavy atom. The molecule has 0 radical (unpaired) electrons. The lowest BCUT2D eigenvalue weighted by Crippen LogP contribution is -2.36. The van der Waals surface area contributed by atoms with Gasteiger partial charge in [0.2, 0.25) is 0 Å². The van der Waals surface area contributed by atoms with Gasteiger partial charge in [0.25, 0.3) is 5.69 Å². The van der Waals surface area contributed by atoms with E-state index in [1.54, 1.807) is 19.2 Å². The summed E-state index contributed by atoms with van der Waals surface area (Å²) < 4.78 is 5.34. The van der Waals surface area contributed by atoms with Crippen molar-refractivity contribution >= 4 is 18.1 Å². The number of non-ortho nitro benzene ring substituents is 1. The van der Waals surface area contributed by atoms with Crippen LogP contribution in [0.15, 0.2) is 18.2 Å². The molecule has 23 heavy (non-hydrogen) atoms. The van der Waals surface area contributed by atoms with Crippen molar-refractivity contribution in [3.8, 4) is 5.75 Å².